The van der Waals surface area contributed by atoms with Gasteiger partial charge in [0.25, 0.3) is 0 Å². The maximum Gasteiger partial charge on any atom is 0.157 e. The van der Waals surface area contributed by atoms with Crippen LogP contribution in [0.5, 0.6) is 0 Å². The van der Waals surface area contributed by atoms with Crippen molar-refractivity contribution in [3.8, 4) is 0 Å². The molecule has 0 aromatic heterocycles. The van der Waals surface area contributed by atoms with Crippen molar-refractivity contribution in [2.45, 2.75) is 109 Å². The van der Waals surface area contributed by atoms with E-state index in [1.807, 2.05) is 0 Å². The summed E-state index contributed by atoms with van der Waals surface area (Å²) >= 11 is 0. The number of fused-ring (bicyclic) bond motifs is 5. The molecule has 1 heterocycles. The van der Waals surface area contributed by atoms with Crippen LogP contribution in [0.15, 0.2) is 0 Å². The summed E-state index contributed by atoms with van der Waals surface area (Å²) in [5.74, 6) is 3.06. The van der Waals surface area contributed by atoms with Gasteiger partial charge in [0.2, 0.25) is 0 Å². The molecule has 3 nitrogen and oxygen atoms in total. The Labute approximate surface area is 165 Å². The minimum Gasteiger partial charge on any atom is -0.393 e. The Balaban J connectivity index is 1.34. The summed E-state index contributed by atoms with van der Waals surface area (Å²) in [5.41, 5.74) is 0.728. The lowest BCUT2D eigenvalue weighted by atomic mass is 9.45. The third-order valence-electron chi connectivity index (χ3n) is 9.99. The van der Waals surface area contributed by atoms with Crippen molar-refractivity contribution in [3.63, 3.8) is 0 Å². The molecule has 27 heavy (non-hydrogen) atoms. The first-order valence-corrected chi connectivity index (χ1v) is 12.0. The molecule has 5 aliphatic rings. The molecule has 1 saturated heterocycles. The third-order valence-corrected chi connectivity index (χ3v) is 9.99. The number of rotatable bonds is 2. The first-order valence-electron chi connectivity index (χ1n) is 12.0. The zero-order valence-corrected chi connectivity index (χ0v) is 17.5. The molecule has 0 amide bonds. The quantitative estimate of drug-likeness (QED) is 0.710. The van der Waals surface area contributed by atoms with Crippen molar-refractivity contribution >= 4 is 0 Å². The fraction of sp³-hybridized carbons (Fsp3) is 1.00. The van der Waals surface area contributed by atoms with Crippen molar-refractivity contribution in [2.75, 3.05) is 6.61 Å². The highest BCUT2D eigenvalue weighted by atomic mass is 16.7. The highest BCUT2D eigenvalue weighted by Crippen LogP contribution is 2.66. The second kappa shape index (κ2) is 6.99. The summed E-state index contributed by atoms with van der Waals surface area (Å²) in [6.07, 6.45) is 15.4. The van der Waals surface area contributed by atoms with E-state index in [9.17, 15) is 5.11 Å². The van der Waals surface area contributed by atoms with Gasteiger partial charge in [0, 0.05) is 6.61 Å². The number of hydrogen-bond donors (Lipinski definition) is 1. The molecule has 154 valence electrons. The Morgan fingerprint density at radius 2 is 1.59 bits per heavy atom. The SMILES string of the molecule is C[C@]12CCC[C@H](O)[C@@H]1CC[C@@H]1[C@@H]2CC[C@]2(C)[C@@H](OC3CCCCO3)CC[C@@H]12. The normalized spacial score (nSPS) is 55.4. The van der Waals surface area contributed by atoms with Crippen molar-refractivity contribution in [3.05, 3.63) is 0 Å². The topological polar surface area (TPSA) is 38.7 Å². The van der Waals surface area contributed by atoms with Gasteiger partial charge in [0.1, 0.15) is 0 Å². The van der Waals surface area contributed by atoms with Gasteiger partial charge in [-0.15, -0.1) is 0 Å². The summed E-state index contributed by atoms with van der Waals surface area (Å²) in [6.45, 7) is 5.96. The molecule has 9 atom stereocenters. The van der Waals surface area contributed by atoms with E-state index in [0.717, 1.165) is 37.2 Å². The minimum atomic E-state index is -0.0406. The predicted molar refractivity (Wildman–Crippen MR) is 106 cm³/mol. The third kappa shape index (κ3) is 2.94. The number of hydrogen-bond acceptors (Lipinski definition) is 3. The molecule has 5 fully saturated rings. The van der Waals surface area contributed by atoms with E-state index in [-0.39, 0.29) is 12.4 Å². The van der Waals surface area contributed by atoms with E-state index in [2.05, 4.69) is 13.8 Å². The fourth-order valence-corrected chi connectivity index (χ4v) is 8.56. The number of aliphatic hydroxyl groups is 1. The highest BCUT2D eigenvalue weighted by molar-refractivity contribution is 5.10. The van der Waals surface area contributed by atoms with E-state index in [1.54, 1.807) is 0 Å². The van der Waals surface area contributed by atoms with Crippen molar-refractivity contribution in [1.29, 1.82) is 0 Å². The van der Waals surface area contributed by atoms with E-state index >= 15 is 0 Å². The largest absolute Gasteiger partial charge is 0.393 e. The molecule has 0 aromatic carbocycles. The van der Waals surface area contributed by atoms with Crippen LogP contribution in [-0.4, -0.2) is 30.2 Å². The molecule has 1 unspecified atom stereocenters. The fourth-order valence-electron chi connectivity index (χ4n) is 8.56. The summed E-state index contributed by atoms with van der Waals surface area (Å²) < 4.78 is 12.5. The summed E-state index contributed by atoms with van der Waals surface area (Å²) in [7, 11) is 0. The lowest BCUT2D eigenvalue weighted by Crippen LogP contribution is -2.56. The second-order valence-electron chi connectivity index (χ2n) is 11.1. The van der Waals surface area contributed by atoms with Crippen LogP contribution in [-0.2, 0) is 9.47 Å². The minimum absolute atomic E-state index is 0.0406. The molecule has 1 aliphatic heterocycles. The Morgan fingerprint density at radius 1 is 0.778 bits per heavy atom. The summed E-state index contributed by atoms with van der Waals surface area (Å²) in [6, 6.07) is 0. The van der Waals surface area contributed by atoms with Gasteiger partial charge in [-0.3, -0.25) is 0 Å². The molecule has 3 heteroatoms. The van der Waals surface area contributed by atoms with Crippen LogP contribution in [0.1, 0.15) is 90.9 Å². The van der Waals surface area contributed by atoms with Gasteiger partial charge >= 0.3 is 0 Å². The first kappa shape index (κ1) is 18.9. The van der Waals surface area contributed by atoms with Gasteiger partial charge in [-0.25, -0.2) is 0 Å². The molecule has 4 aliphatic carbocycles. The van der Waals surface area contributed by atoms with Gasteiger partial charge in [0.15, 0.2) is 6.29 Å². The summed E-state index contributed by atoms with van der Waals surface area (Å²) in [4.78, 5) is 0. The lowest BCUT2D eigenvalue weighted by Gasteiger charge is -2.61. The van der Waals surface area contributed by atoms with Crippen LogP contribution in [0.2, 0.25) is 0 Å². The Morgan fingerprint density at radius 3 is 2.41 bits per heavy atom. The Hall–Kier alpha value is -0.120. The maximum absolute atomic E-state index is 10.7. The lowest BCUT2D eigenvalue weighted by molar-refractivity contribution is -0.220. The molecule has 0 bridgehead atoms. The molecule has 5 rings (SSSR count). The number of aliphatic hydroxyl groups excluding tert-OH is 1. The van der Waals surface area contributed by atoms with Gasteiger partial charge in [-0.05, 0) is 105 Å². The molecule has 0 radical (unpaired) electrons. The van der Waals surface area contributed by atoms with E-state index in [4.69, 9.17) is 9.47 Å². The Kier molecular flexibility index (Phi) is 4.89. The van der Waals surface area contributed by atoms with Crippen LogP contribution in [0, 0.1) is 34.5 Å². The molecule has 0 spiro atoms. The van der Waals surface area contributed by atoms with Crippen molar-refractivity contribution in [2.24, 2.45) is 34.5 Å². The average molecular weight is 377 g/mol. The second-order valence-corrected chi connectivity index (χ2v) is 11.1. The molecular weight excluding hydrogens is 336 g/mol. The highest BCUT2D eigenvalue weighted by Gasteiger charge is 2.61. The standard InChI is InChI=1S/C24H40O3/c1-23-13-5-6-20(25)19(23)9-8-16-17-10-11-21(24(17,2)14-12-18(16)23)27-22-7-3-4-15-26-22/h16-22,25H,3-15H2,1-2H3/t16-,17-,18-,19-,20-,21-,22?,23+,24-/m0/s1. The monoisotopic (exact) mass is 376 g/mol. The molecule has 1 N–H and O–H groups in total. The molecular formula is C24H40O3. The van der Waals surface area contributed by atoms with Crippen LogP contribution < -0.4 is 0 Å². The van der Waals surface area contributed by atoms with Crippen LogP contribution in [0.4, 0.5) is 0 Å². The van der Waals surface area contributed by atoms with Gasteiger partial charge in [-0.2, -0.15) is 0 Å². The van der Waals surface area contributed by atoms with E-state index < -0.39 is 0 Å². The average Bonchev–Trinajstić information content (AvgIpc) is 2.99. The number of ether oxygens (including phenoxy) is 2. The van der Waals surface area contributed by atoms with Crippen LogP contribution >= 0.6 is 0 Å². The molecule has 0 aromatic rings. The van der Waals surface area contributed by atoms with Crippen molar-refractivity contribution in [1.82, 2.24) is 0 Å². The van der Waals surface area contributed by atoms with E-state index in [1.165, 1.54) is 64.2 Å². The van der Waals surface area contributed by atoms with Crippen molar-refractivity contribution < 1.29 is 14.6 Å². The van der Waals surface area contributed by atoms with E-state index in [0.29, 0.717) is 22.9 Å². The van der Waals surface area contributed by atoms with Crippen LogP contribution in [0.25, 0.3) is 0 Å². The maximum atomic E-state index is 10.7. The zero-order valence-electron chi connectivity index (χ0n) is 17.5. The zero-order chi connectivity index (χ0) is 18.6. The summed E-state index contributed by atoms with van der Waals surface area (Å²) in [5, 5.41) is 10.7. The smallest absolute Gasteiger partial charge is 0.157 e. The van der Waals surface area contributed by atoms with Gasteiger partial charge < -0.3 is 14.6 Å². The van der Waals surface area contributed by atoms with Crippen LogP contribution in [0.3, 0.4) is 0 Å². The first-order chi connectivity index (χ1) is 13.0. The predicted octanol–water partition coefficient (Wildman–Crippen LogP) is 5.30. The Bertz CT molecular complexity index is 544. The molecule has 4 saturated carbocycles. The van der Waals surface area contributed by atoms with Gasteiger partial charge in [-0.1, -0.05) is 20.3 Å². The van der Waals surface area contributed by atoms with Gasteiger partial charge in [0.05, 0.1) is 12.2 Å².